The van der Waals surface area contributed by atoms with Gasteiger partial charge in [0.1, 0.15) is 17.6 Å². The van der Waals surface area contributed by atoms with Crippen molar-refractivity contribution in [3.05, 3.63) is 126 Å². The molecule has 1 unspecified atom stereocenters. The highest BCUT2D eigenvalue weighted by Gasteiger charge is 2.55. The van der Waals surface area contributed by atoms with Crippen molar-refractivity contribution < 1.29 is 28.4 Å². The van der Waals surface area contributed by atoms with Crippen LogP contribution >= 0.6 is 0 Å². The predicted octanol–water partition coefficient (Wildman–Crippen LogP) is 5.78. The van der Waals surface area contributed by atoms with Crippen LogP contribution in [0.15, 0.2) is 114 Å². The number of aromatic amines is 1. The zero-order valence-corrected chi connectivity index (χ0v) is 32.8. The Bertz CT molecular complexity index is 2540. The Kier molecular flexibility index (Phi) is 10.6. The summed E-state index contributed by atoms with van der Waals surface area (Å²) in [6, 6.07) is 28.2. The summed E-state index contributed by atoms with van der Waals surface area (Å²) in [6.45, 7) is 3.66. The third-order valence-electron chi connectivity index (χ3n) is 11.4. The van der Waals surface area contributed by atoms with E-state index in [4.69, 9.17) is 15.1 Å². The molecule has 2 saturated heterocycles. The zero-order chi connectivity index (χ0) is 41.3. The molecule has 5 atom stereocenters. The molecule has 8 rings (SSSR count). The van der Waals surface area contributed by atoms with Gasteiger partial charge < -0.3 is 30.7 Å². The Hall–Kier alpha value is -6.93. The van der Waals surface area contributed by atoms with Crippen molar-refractivity contribution in [1.82, 2.24) is 35.0 Å². The first-order valence-electron chi connectivity index (χ1n) is 19.8. The van der Waals surface area contributed by atoms with Gasteiger partial charge in [-0.25, -0.2) is 19.2 Å². The number of H-pyrrole nitrogens is 1. The number of imidazole rings is 1. The van der Waals surface area contributed by atoms with E-state index in [0.29, 0.717) is 60.2 Å². The van der Waals surface area contributed by atoms with Gasteiger partial charge in [-0.2, -0.15) is 0 Å². The molecule has 5 N–H and O–H groups in total. The normalized spacial score (nSPS) is 19.9. The SMILES string of the molecule is CC(=O)N[C@@H](C(=O)N1CCC[C@H]1c1nc2ccc(-c3cnc(-c4ccc([N+]5(C(=O)[C@H](NC(C)=O)c6ccccc6)CCC[C@H]5C(N)=O)cc4)o3)cc2[nH]1)c1ccccc1. The highest BCUT2D eigenvalue weighted by Crippen LogP contribution is 2.40. The van der Waals surface area contributed by atoms with Gasteiger partial charge in [-0.05, 0) is 54.3 Å². The van der Waals surface area contributed by atoms with Crippen LogP contribution in [-0.4, -0.2) is 68.5 Å². The largest absolute Gasteiger partial charge is 0.436 e. The number of benzene rings is 4. The zero-order valence-electron chi connectivity index (χ0n) is 32.8. The molecule has 0 spiro atoms. The molecular formula is C45H45N8O6+. The van der Waals surface area contributed by atoms with Gasteiger partial charge in [0.25, 0.3) is 5.91 Å². The fourth-order valence-electron chi connectivity index (χ4n) is 8.71. The molecule has 2 aromatic heterocycles. The first-order chi connectivity index (χ1) is 28.5. The number of oxazole rings is 1. The van der Waals surface area contributed by atoms with Gasteiger partial charge in [-0.15, -0.1) is 0 Å². The number of nitrogens with one attached hydrogen (secondary N) is 3. The fourth-order valence-corrected chi connectivity index (χ4v) is 8.71. The fraction of sp³-hybridized carbons (Fsp3) is 0.267. The molecule has 4 aromatic carbocycles. The molecule has 2 fully saturated rings. The molecule has 14 nitrogen and oxygen atoms in total. The van der Waals surface area contributed by atoms with Crippen LogP contribution in [0, 0.1) is 0 Å². The van der Waals surface area contributed by atoms with Crippen LogP contribution in [0.1, 0.15) is 74.6 Å². The van der Waals surface area contributed by atoms with Crippen molar-refractivity contribution >= 4 is 46.3 Å². The van der Waals surface area contributed by atoms with E-state index in [1.165, 1.54) is 13.8 Å². The summed E-state index contributed by atoms with van der Waals surface area (Å²) in [6.07, 6.45) is 4.20. The quantitative estimate of drug-likeness (QED) is 0.119. The van der Waals surface area contributed by atoms with Crippen LogP contribution in [0.5, 0.6) is 0 Å². The summed E-state index contributed by atoms with van der Waals surface area (Å²) >= 11 is 0. The van der Waals surface area contributed by atoms with Gasteiger partial charge in [0, 0.05) is 56.5 Å². The summed E-state index contributed by atoms with van der Waals surface area (Å²) in [5, 5.41) is 5.65. The standard InChI is InChI=1S/C45H44N8O6/c1-27(54)48-39(29-11-5-3-6-12-29)44(57)52-23-9-15-36(52)42-50-34-22-19-32(25-35(34)51-42)38-26-47-43(59-38)31-17-20-33(21-18-31)53(24-10-16-37(53)41(46)56)45(58)40(49-28(2)55)30-13-7-4-8-14-30/h3-8,11-14,17-22,25-26,36-37,39-40H,9-10,15-16,23-24H2,1-2H3,(H4-,46,48,49,50,51,54,55,56)/p+1/t36-,37-,39+,40+,53?/m0/s1. The first kappa shape index (κ1) is 38.9. The number of hydrogen-bond donors (Lipinski definition) is 4. The second-order valence-electron chi connectivity index (χ2n) is 15.2. The number of quaternary nitrogens is 1. The van der Waals surface area contributed by atoms with Crippen molar-refractivity contribution in [2.75, 3.05) is 13.1 Å². The van der Waals surface area contributed by atoms with Gasteiger partial charge >= 0.3 is 5.91 Å². The average Bonchev–Trinajstić information content (AvgIpc) is 4.08. The van der Waals surface area contributed by atoms with E-state index in [0.717, 1.165) is 35.0 Å². The summed E-state index contributed by atoms with van der Waals surface area (Å²) in [5.41, 5.74) is 10.8. The van der Waals surface area contributed by atoms with Crippen LogP contribution in [-0.2, 0) is 24.0 Å². The molecule has 2 aliphatic heterocycles. The predicted molar refractivity (Wildman–Crippen MR) is 221 cm³/mol. The van der Waals surface area contributed by atoms with Gasteiger partial charge in [0.05, 0.1) is 29.8 Å². The third-order valence-corrected chi connectivity index (χ3v) is 11.4. The monoisotopic (exact) mass is 793 g/mol. The van der Waals surface area contributed by atoms with Crippen LogP contribution in [0.4, 0.5) is 5.69 Å². The number of amides is 5. The highest BCUT2D eigenvalue weighted by atomic mass is 16.4. The van der Waals surface area contributed by atoms with Crippen molar-refractivity contribution in [2.24, 2.45) is 5.73 Å². The Balaban J connectivity index is 1.04. The summed E-state index contributed by atoms with van der Waals surface area (Å²) in [7, 11) is 0. The van der Waals surface area contributed by atoms with Crippen molar-refractivity contribution in [3.8, 4) is 22.8 Å². The number of nitrogens with two attached hydrogens (primary N) is 1. The number of primary amides is 1. The van der Waals surface area contributed by atoms with Gasteiger partial charge in [0.15, 0.2) is 17.8 Å². The van der Waals surface area contributed by atoms with Gasteiger partial charge in [-0.1, -0.05) is 60.7 Å². The molecule has 0 saturated carbocycles. The smallest absolute Gasteiger partial charge is 0.346 e. The summed E-state index contributed by atoms with van der Waals surface area (Å²) in [5.74, 6) is -0.221. The van der Waals surface area contributed by atoms with E-state index in [9.17, 15) is 24.0 Å². The minimum Gasteiger partial charge on any atom is -0.436 e. The molecular weight excluding hydrogens is 749 g/mol. The number of fused-ring (bicyclic) bond motifs is 1. The minimum atomic E-state index is -0.993. The van der Waals surface area contributed by atoms with Gasteiger partial charge in [0.2, 0.25) is 23.6 Å². The van der Waals surface area contributed by atoms with Crippen molar-refractivity contribution in [3.63, 3.8) is 0 Å². The summed E-state index contributed by atoms with van der Waals surface area (Å²) in [4.78, 5) is 80.6. The number of carbonyl (C=O) groups is 5. The maximum Gasteiger partial charge on any atom is 0.346 e. The highest BCUT2D eigenvalue weighted by molar-refractivity contribution is 6.01. The van der Waals surface area contributed by atoms with E-state index in [1.807, 2.05) is 54.6 Å². The maximum absolute atomic E-state index is 14.6. The molecule has 59 heavy (non-hydrogen) atoms. The molecule has 0 aliphatic carbocycles. The maximum atomic E-state index is 14.6. The molecule has 300 valence electrons. The number of rotatable bonds is 11. The molecule has 2 aliphatic rings. The number of carbonyl (C=O) groups excluding carboxylic acids is 5. The molecule has 0 radical (unpaired) electrons. The van der Waals surface area contributed by atoms with E-state index in [-0.39, 0.29) is 34.2 Å². The summed E-state index contributed by atoms with van der Waals surface area (Å²) < 4.78 is 5.95. The van der Waals surface area contributed by atoms with Crippen LogP contribution < -0.4 is 20.9 Å². The minimum absolute atomic E-state index is 0.185. The number of aromatic nitrogens is 3. The van der Waals surface area contributed by atoms with Crippen molar-refractivity contribution in [1.29, 1.82) is 0 Å². The van der Waals surface area contributed by atoms with Crippen LogP contribution in [0.3, 0.4) is 0 Å². The first-order valence-corrected chi connectivity index (χ1v) is 19.8. The number of hydrogen-bond acceptors (Lipinski definition) is 8. The lowest BCUT2D eigenvalue weighted by molar-refractivity contribution is -0.139. The Morgan fingerprint density at radius 1 is 0.814 bits per heavy atom. The van der Waals surface area contributed by atoms with E-state index >= 15 is 0 Å². The van der Waals surface area contributed by atoms with Crippen molar-refractivity contribution in [2.45, 2.75) is 63.7 Å². The second kappa shape index (κ2) is 16.1. The third kappa shape index (κ3) is 7.50. The second-order valence-corrected chi connectivity index (χ2v) is 15.2. The molecule has 5 amide bonds. The van der Waals surface area contributed by atoms with E-state index in [1.54, 1.807) is 59.6 Å². The topological polar surface area (TPSA) is 193 Å². The average molecular weight is 794 g/mol. The molecule has 6 aromatic rings. The van der Waals surface area contributed by atoms with Gasteiger partial charge in [-0.3, -0.25) is 19.2 Å². The molecule has 4 heterocycles. The number of nitrogens with zero attached hydrogens (tertiary/aromatic N) is 4. The Morgan fingerprint density at radius 2 is 1.46 bits per heavy atom. The molecule has 14 heteroatoms. The lowest BCUT2D eigenvalue weighted by atomic mass is 10.0. The Morgan fingerprint density at radius 3 is 2.12 bits per heavy atom. The van der Waals surface area contributed by atoms with Crippen LogP contribution in [0.2, 0.25) is 0 Å². The number of likely N-dealkylation sites (tertiary alicyclic amines) is 2. The van der Waals surface area contributed by atoms with E-state index in [2.05, 4.69) is 20.6 Å². The van der Waals surface area contributed by atoms with Crippen LogP contribution in [0.25, 0.3) is 33.8 Å². The molecule has 0 bridgehead atoms. The Labute approximate surface area is 340 Å². The van der Waals surface area contributed by atoms with E-state index < -0.39 is 24.0 Å². The lowest BCUT2D eigenvalue weighted by Crippen LogP contribution is -2.64. The lowest BCUT2D eigenvalue weighted by Gasteiger charge is -2.38.